The molecule has 0 aliphatic heterocycles. The molecule has 0 radical (unpaired) electrons. The molecule has 1 saturated carbocycles. The van der Waals surface area contributed by atoms with Gasteiger partial charge in [-0.15, -0.1) is 0 Å². The molecule has 0 unspecified atom stereocenters. The second kappa shape index (κ2) is 8.03. The number of ether oxygens (including phenoxy) is 1. The van der Waals surface area contributed by atoms with Gasteiger partial charge in [0, 0.05) is 5.39 Å². The number of nitriles is 1. The first-order valence-electron chi connectivity index (χ1n) is 9.90. The molecule has 31 heavy (non-hydrogen) atoms. The van der Waals surface area contributed by atoms with E-state index in [1.165, 1.54) is 0 Å². The lowest BCUT2D eigenvalue weighted by atomic mass is 9.98. The maximum Gasteiger partial charge on any atom is 0.359 e. The quantitative estimate of drug-likeness (QED) is 0.617. The van der Waals surface area contributed by atoms with Gasteiger partial charge in [0.05, 0.1) is 17.1 Å². The summed E-state index contributed by atoms with van der Waals surface area (Å²) in [5.74, 6) is -1.29. The van der Waals surface area contributed by atoms with E-state index in [4.69, 9.17) is 4.74 Å². The predicted molar refractivity (Wildman–Crippen MR) is 113 cm³/mol. The Hall–Kier alpha value is -3.99. The molecule has 1 aliphatic rings. The molecule has 2 aromatic carbocycles. The smallest absolute Gasteiger partial charge is 0.359 e. The number of carbonyl (C=O) groups is 2. The Morgan fingerprint density at radius 3 is 2.45 bits per heavy atom. The molecule has 1 atom stereocenters. The van der Waals surface area contributed by atoms with Gasteiger partial charge in [-0.1, -0.05) is 36.4 Å². The molecule has 1 heterocycles. The van der Waals surface area contributed by atoms with Gasteiger partial charge in [-0.05, 0) is 43.9 Å². The molecule has 8 nitrogen and oxygen atoms in total. The van der Waals surface area contributed by atoms with E-state index in [0.717, 1.165) is 17.5 Å². The number of fused-ring (bicyclic) bond motifs is 1. The molecule has 0 bridgehead atoms. The van der Waals surface area contributed by atoms with Gasteiger partial charge in [0.1, 0.15) is 5.54 Å². The highest BCUT2D eigenvalue weighted by atomic mass is 16.5. The number of nitrogens with one attached hydrogen (secondary N) is 1. The summed E-state index contributed by atoms with van der Waals surface area (Å²) in [6.45, 7) is 1.11. The molecule has 4 rings (SSSR count). The lowest BCUT2D eigenvalue weighted by Gasteiger charge is -2.22. The topological polar surface area (TPSA) is 114 Å². The molecule has 1 aromatic heterocycles. The number of aromatic nitrogens is 2. The van der Waals surface area contributed by atoms with E-state index in [2.05, 4.69) is 16.5 Å². The molecular weight excluding hydrogens is 396 g/mol. The first kappa shape index (κ1) is 20.3. The van der Waals surface area contributed by atoms with Crippen LogP contribution in [0.25, 0.3) is 16.5 Å². The normalized spacial score (nSPS) is 15.0. The summed E-state index contributed by atoms with van der Waals surface area (Å²) in [6, 6.07) is 17.4. The highest BCUT2D eigenvalue weighted by Gasteiger charge is 2.43. The number of para-hydroxylation sites is 1. The minimum absolute atomic E-state index is 0.0721. The van der Waals surface area contributed by atoms with Crippen LogP contribution in [0.1, 0.15) is 30.3 Å². The summed E-state index contributed by atoms with van der Waals surface area (Å²) in [6.07, 6.45) is 1.75. The number of carbonyl (C=O) groups excluding carboxylic acids is 2. The zero-order chi connectivity index (χ0) is 22.0. The van der Waals surface area contributed by atoms with Gasteiger partial charge in [-0.3, -0.25) is 9.59 Å². The zero-order valence-electron chi connectivity index (χ0n) is 16.9. The van der Waals surface area contributed by atoms with Crippen molar-refractivity contribution in [3.63, 3.8) is 0 Å². The summed E-state index contributed by atoms with van der Waals surface area (Å²) in [5, 5.41) is 16.9. The summed E-state index contributed by atoms with van der Waals surface area (Å²) in [5.41, 5.74) is -0.920. The number of nitrogens with zero attached hydrogens (tertiary/aromatic N) is 3. The van der Waals surface area contributed by atoms with E-state index in [1.807, 2.05) is 0 Å². The maximum atomic E-state index is 12.9. The number of hydrogen-bond donors (Lipinski definition) is 1. The first-order chi connectivity index (χ1) is 14.9. The van der Waals surface area contributed by atoms with Crippen LogP contribution in [0.4, 0.5) is 0 Å². The van der Waals surface area contributed by atoms with Crippen molar-refractivity contribution in [3.05, 3.63) is 70.6 Å². The van der Waals surface area contributed by atoms with Crippen LogP contribution in [0.2, 0.25) is 0 Å². The summed E-state index contributed by atoms with van der Waals surface area (Å²) < 4.78 is 6.32. The van der Waals surface area contributed by atoms with Crippen molar-refractivity contribution >= 4 is 22.6 Å². The number of benzene rings is 2. The molecule has 0 spiro atoms. The van der Waals surface area contributed by atoms with Crippen LogP contribution in [0.5, 0.6) is 0 Å². The third-order valence-electron chi connectivity index (χ3n) is 5.36. The predicted octanol–water partition coefficient (Wildman–Crippen LogP) is 2.35. The second-order valence-corrected chi connectivity index (χ2v) is 7.66. The minimum atomic E-state index is -0.977. The molecule has 1 fully saturated rings. The van der Waals surface area contributed by atoms with Crippen molar-refractivity contribution in [1.82, 2.24) is 15.1 Å². The highest BCUT2D eigenvalue weighted by molar-refractivity contribution is 6.02. The molecule has 3 aromatic rings. The Kier molecular flexibility index (Phi) is 5.26. The van der Waals surface area contributed by atoms with Crippen LogP contribution in [-0.2, 0) is 9.53 Å². The molecule has 1 aliphatic carbocycles. The number of rotatable bonds is 6. The monoisotopic (exact) mass is 416 g/mol. The zero-order valence-corrected chi connectivity index (χ0v) is 16.9. The average molecular weight is 416 g/mol. The van der Waals surface area contributed by atoms with Gasteiger partial charge in [0.15, 0.2) is 12.3 Å². The summed E-state index contributed by atoms with van der Waals surface area (Å²) in [4.78, 5) is 38.0. The van der Waals surface area contributed by atoms with E-state index in [0.29, 0.717) is 16.5 Å². The first-order valence-corrected chi connectivity index (χ1v) is 9.90. The Morgan fingerprint density at radius 2 is 1.81 bits per heavy atom. The van der Waals surface area contributed by atoms with Crippen molar-refractivity contribution in [2.24, 2.45) is 5.92 Å². The fourth-order valence-corrected chi connectivity index (χ4v) is 3.49. The van der Waals surface area contributed by atoms with Gasteiger partial charge < -0.3 is 10.1 Å². The number of hydrogen-bond acceptors (Lipinski definition) is 6. The summed E-state index contributed by atoms with van der Waals surface area (Å²) in [7, 11) is 0. The van der Waals surface area contributed by atoms with E-state index in [9.17, 15) is 19.6 Å². The van der Waals surface area contributed by atoms with Crippen LogP contribution in [0, 0.1) is 17.2 Å². The SMILES string of the molecule is C[C@](C#N)(NC(=O)COC(=O)c1nn(-c2ccccc2)c(=O)c2ccccc12)C1CC1. The fraction of sp³-hybridized carbons (Fsp3) is 0.261. The highest BCUT2D eigenvalue weighted by Crippen LogP contribution is 2.39. The standard InChI is InChI=1S/C23H20N4O4/c1-23(14-24,15-11-12-15)25-19(28)13-31-22(30)20-17-9-5-6-10-18(17)21(29)27(26-20)16-7-3-2-4-8-16/h2-10,15H,11-13H2,1H3,(H,25,28)/t23-/m1/s1. The van der Waals surface area contributed by atoms with Gasteiger partial charge in [-0.2, -0.15) is 15.0 Å². The lowest BCUT2D eigenvalue weighted by Crippen LogP contribution is -2.48. The van der Waals surface area contributed by atoms with E-state index in [1.54, 1.807) is 61.5 Å². The van der Waals surface area contributed by atoms with Crippen LogP contribution >= 0.6 is 0 Å². The van der Waals surface area contributed by atoms with E-state index in [-0.39, 0.29) is 17.2 Å². The third-order valence-corrected chi connectivity index (χ3v) is 5.36. The van der Waals surface area contributed by atoms with Crippen molar-refractivity contribution < 1.29 is 14.3 Å². The van der Waals surface area contributed by atoms with Crippen molar-refractivity contribution in [2.45, 2.75) is 25.3 Å². The minimum Gasteiger partial charge on any atom is -0.451 e. The van der Waals surface area contributed by atoms with Crippen molar-refractivity contribution in [2.75, 3.05) is 6.61 Å². The number of esters is 1. The lowest BCUT2D eigenvalue weighted by molar-refractivity contribution is -0.125. The Bertz CT molecular complexity index is 1260. The van der Waals surface area contributed by atoms with Gasteiger partial charge in [-0.25, -0.2) is 4.79 Å². The maximum absolute atomic E-state index is 12.9. The van der Waals surface area contributed by atoms with E-state index >= 15 is 0 Å². The Morgan fingerprint density at radius 1 is 1.16 bits per heavy atom. The van der Waals surface area contributed by atoms with Crippen LogP contribution < -0.4 is 10.9 Å². The van der Waals surface area contributed by atoms with Crippen LogP contribution in [0.3, 0.4) is 0 Å². The molecule has 1 N–H and O–H groups in total. The Labute approximate surface area is 178 Å². The largest absolute Gasteiger partial charge is 0.451 e. The average Bonchev–Trinajstić information content (AvgIpc) is 3.64. The van der Waals surface area contributed by atoms with E-state index < -0.39 is 24.0 Å². The van der Waals surface area contributed by atoms with Gasteiger partial charge >= 0.3 is 5.97 Å². The van der Waals surface area contributed by atoms with Crippen LogP contribution in [0.15, 0.2) is 59.4 Å². The molecule has 8 heteroatoms. The van der Waals surface area contributed by atoms with Crippen molar-refractivity contribution in [1.29, 1.82) is 5.26 Å². The van der Waals surface area contributed by atoms with Crippen LogP contribution in [-0.4, -0.2) is 33.8 Å². The van der Waals surface area contributed by atoms with Gasteiger partial charge in [0.25, 0.3) is 11.5 Å². The molecule has 0 saturated heterocycles. The third kappa shape index (κ3) is 4.03. The van der Waals surface area contributed by atoms with Gasteiger partial charge in [0.2, 0.25) is 0 Å². The molecule has 156 valence electrons. The molecule has 1 amide bonds. The Balaban J connectivity index is 1.61. The summed E-state index contributed by atoms with van der Waals surface area (Å²) >= 11 is 0. The fourth-order valence-electron chi connectivity index (χ4n) is 3.49. The number of amides is 1. The van der Waals surface area contributed by atoms with Crippen molar-refractivity contribution in [3.8, 4) is 11.8 Å². The second-order valence-electron chi connectivity index (χ2n) is 7.66. The molecular formula is C23H20N4O4.